The molecule has 0 saturated carbocycles. The van der Waals surface area contributed by atoms with Crippen molar-refractivity contribution in [1.82, 2.24) is 0 Å². The molecule has 1 aliphatic rings. The summed E-state index contributed by atoms with van der Waals surface area (Å²) in [6.07, 6.45) is 0. The third kappa shape index (κ3) is 4.77. The Bertz CT molecular complexity index is 2670. The van der Waals surface area contributed by atoms with Crippen molar-refractivity contribution < 1.29 is 0 Å². The molecular formula is C49H36N2S. The molecule has 0 saturated heterocycles. The number of nitrogens with zero attached hydrogens (tertiary/aromatic N) is 2. The van der Waals surface area contributed by atoms with E-state index in [2.05, 4.69) is 206 Å². The smallest absolute Gasteiger partial charge is 0.0540 e. The van der Waals surface area contributed by atoms with Gasteiger partial charge < -0.3 is 9.80 Å². The van der Waals surface area contributed by atoms with Crippen molar-refractivity contribution >= 4 is 76.4 Å². The van der Waals surface area contributed by atoms with Gasteiger partial charge in [-0.2, -0.15) is 0 Å². The number of hydrogen-bond donors (Lipinski definition) is 0. The predicted molar refractivity (Wildman–Crippen MR) is 224 cm³/mol. The maximum absolute atomic E-state index is 2.49. The predicted octanol–water partition coefficient (Wildman–Crippen LogP) is 14.5. The Hall–Kier alpha value is -6.16. The maximum atomic E-state index is 2.49. The molecule has 0 fully saturated rings. The molecule has 0 amide bonds. The highest BCUT2D eigenvalue weighted by molar-refractivity contribution is 7.25. The van der Waals surface area contributed by atoms with E-state index < -0.39 is 0 Å². The lowest BCUT2D eigenvalue weighted by Gasteiger charge is -2.36. The highest BCUT2D eigenvalue weighted by atomic mass is 32.1. The van der Waals surface area contributed by atoms with Crippen LogP contribution in [0, 0.1) is 0 Å². The molecule has 3 heteroatoms. The van der Waals surface area contributed by atoms with E-state index in [0.29, 0.717) is 0 Å². The third-order valence-corrected chi connectivity index (χ3v) is 11.9. The highest BCUT2D eigenvalue weighted by Gasteiger charge is 2.35. The first-order valence-corrected chi connectivity index (χ1v) is 18.8. The monoisotopic (exact) mass is 684 g/mol. The van der Waals surface area contributed by atoms with Gasteiger partial charge in [0.2, 0.25) is 0 Å². The summed E-state index contributed by atoms with van der Waals surface area (Å²) in [5.41, 5.74) is 12.2. The van der Waals surface area contributed by atoms with Crippen molar-refractivity contribution in [2.45, 2.75) is 19.3 Å². The largest absolute Gasteiger partial charge is 0.310 e. The van der Waals surface area contributed by atoms with Gasteiger partial charge in [-0.05, 0) is 107 Å². The standard InChI is InChI=1S/C49H36N2S/c1-49(2)43-25-15-24-40-45(51(35-20-11-5-12-21-35)36-22-13-6-14-23-36)29-28-39(48(40)43)41-32-47-42(31-44(41)49)38-27-26-37(30-46(38)52-47)50(33-16-7-3-8-17-33)34-18-9-4-10-19-34/h3-32H,1-2H3. The molecule has 2 nitrogen and oxygen atoms in total. The van der Waals surface area contributed by atoms with Crippen molar-refractivity contribution in [2.75, 3.05) is 9.80 Å². The van der Waals surface area contributed by atoms with Gasteiger partial charge in [0, 0.05) is 59.4 Å². The Morgan fingerprint density at radius 3 is 1.54 bits per heavy atom. The molecule has 1 aliphatic carbocycles. The van der Waals surface area contributed by atoms with Gasteiger partial charge >= 0.3 is 0 Å². The molecule has 8 aromatic carbocycles. The van der Waals surface area contributed by atoms with E-state index in [0.717, 1.165) is 28.4 Å². The number of rotatable bonds is 6. The zero-order chi connectivity index (χ0) is 34.8. The SMILES string of the molecule is CC1(C)c2cc3c(cc2-c2ccc(N(c4ccccc4)c4ccccc4)c4cccc1c24)sc1cc(N(c2ccccc2)c2ccccc2)ccc13. The van der Waals surface area contributed by atoms with Crippen molar-refractivity contribution in [2.24, 2.45) is 0 Å². The fourth-order valence-corrected chi connectivity index (χ4v) is 9.51. The molecule has 52 heavy (non-hydrogen) atoms. The normalized spacial score (nSPS) is 13.0. The number of fused-ring (bicyclic) bond motifs is 5. The molecular weight excluding hydrogens is 649 g/mol. The lowest BCUT2D eigenvalue weighted by atomic mass is 9.68. The first-order chi connectivity index (χ1) is 25.6. The van der Waals surface area contributed by atoms with Crippen LogP contribution in [-0.2, 0) is 5.41 Å². The number of thiophene rings is 1. The molecule has 0 aliphatic heterocycles. The molecule has 1 aromatic heterocycles. The lowest BCUT2D eigenvalue weighted by molar-refractivity contribution is 0.646. The molecule has 0 unspecified atom stereocenters. The molecule has 0 bridgehead atoms. The van der Waals surface area contributed by atoms with Crippen LogP contribution in [0.15, 0.2) is 182 Å². The van der Waals surface area contributed by atoms with Crippen molar-refractivity contribution in [3.8, 4) is 11.1 Å². The van der Waals surface area contributed by atoms with Crippen LogP contribution in [0.25, 0.3) is 42.1 Å². The van der Waals surface area contributed by atoms with Gasteiger partial charge in [0.25, 0.3) is 0 Å². The summed E-state index contributed by atoms with van der Waals surface area (Å²) < 4.78 is 2.61. The number of para-hydroxylation sites is 4. The summed E-state index contributed by atoms with van der Waals surface area (Å²) in [5, 5.41) is 5.25. The van der Waals surface area contributed by atoms with E-state index in [1.165, 1.54) is 58.9 Å². The highest BCUT2D eigenvalue weighted by Crippen LogP contribution is 2.53. The second kappa shape index (κ2) is 12.0. The molecule has 1 heterocycles. The summed E-state index contributed by atoms with van der Waals surface area (Å²) in [6, 6.07) is 66.3. The first-order valence-electron chi connectivity index (χ1n) is 17.9. The van der Waals surface area contributed by atoms with Crippen LogP contribution in [0.2, 0.25) is 0 Å². The van der Waals surface area contributed by atoms with Crippen LogP contribution >= 0.6 is 11.3 Å². The molecule has 9 aromatic rings. The van der Waals surface area contributed by atoms with Gasteiger partial charge in [0.1, 0.15) is 0 Å². The minimum atomic E-state index is -0.190. The number of anilines is 6. The van der Waals surface area contributed by atoms with Gasteiger partial charge in [0.05, 0.1) is 5.69 Å². The van der Waals surface area contributed by atoms with E-state index >= 15 is 0 Å². The van der Waals surface area contributed by atoms with Gasteiger partial charge in [-0.3, -0.25) is 0 Å². The Labute approximate surface area is 308 Å². The minimum Gasteiger partial charge on any atom is -0.310 e. The molecule has 0 atom stereocenters. The molecule has 248 valence electrons. The van der Waals surface area contributed by atoms with Gasteiger partial charge in [-0.1, -0.05) is 117 Å². The molecule has 0 spiro atoms. The third-order valence-electron chi connectivity index (χ3n) is 10.8. The zero-order valence-corrected chi connectivity index (χ0v) is 29.9. The Morgan fingerprint density at radius 1 is 0.385 bits per heavy atom. The van der Waals surface area contributed by atoms with Crippen LogP contribution in [0.4, 0.5) is 34.1 Å². The fraction of sp³-hybridized carbons (Fsp3) is 0.0612. The number of benzene rings is 8. The fourth-order valence-electron chi connectivity index (χ4n) is 8.35. The summed E-state index contributed by atoms with van der Waals surface area (Å²) in [7, 11) is 0. The minimum absolute atomic E-state index is 0.190. The quantitative estimate of drug-likeness (QED) is 0.172. The summed E-state index contributed by atoms with van der Waals surface area (Å²) in [6.45, 7) is 4.80. The summed E-state index contributed by atoms with van der Waals surface area (Å²) in [5.74, 6) is 0. The zero-order valence-electron chi connectivity index (χ0n) is 29.1. The average molecular weight is 685 g/mol. The van der Waals surface area contributed by atoms with Gasteiger partial charge in [-0.15, -0.1) is 11.3 Å². The van der Waals surface area contributed by atoms with Gasteiger partial charge in [-0.25, -0.2) is 0 Å². The van der Waals surface area contributed by atoms with Crippen molar-refractivity contribution in [3.63, 3.8) is 0 Å². The first kappa shape index (κ1) is 30.6. The molecule has 0 N–H and O–H groups in total. The Kier molecular flexibility index (Phi) is 7.06. The van der Waals surface area contributed by atoms with Crippen LogP contribution in [0.5, 0.6) is 0 Å². The van der Waals surface area contributed by atoms with E-state index in [4.69, 9.17) is 0 Å². The van der Waals surface area contributed by atoms with Crippen LogP contribution < -0.4 is 9.80 Å². The van der Waals surface area contributed by atoms with Crippen LogP contribution in [-0.4, -0.2) is 0 Å². The van der Waals surface area contributed by atoms with E-state index in [1.54, 1.807) is 0 Å². The van der Waals surface area contributed by atoms with Crippen molar-refractivity contribution in [3.05, 3.63) is 193 Å². The number of hydrogen-bond acceptors (Lipinski definition) is 3. The maximum Gasteiger partial charge on any atom is 0.0540 e. The Morgan fingerprint density at radius 2 is 0.942 bits per heavy atom. The molecule has 0 radical (unpaired) electrons. The second-order valence-corrected chi connectivity index (χ2v) is 15.3. The van der Waals surface area contributed by atoms with E-state index in [-0.39, 0.29) is 5.41 Å². The second-order valence-electron chi connectivity index (χ2n) is 14.2. The van der Waals surface area contributed by atoms with Crippen LogP contribution in [0.1, 0.15) is 25.0 Å². The van der Waals surface area contributed by atoms with Crippen molar-refractivity contribution in [1.29, 1.82) is 0 Å². The Balaban J connectivity index is 1.16. The van der Waals surface area contributed by atoms with E-state index in [9.17, 15) is 0 Å². The van der Waals surface area contributed by atoms with Gasteiger partial charge in [0.15, 0.2) is 0 Å². The van der Waals surface area contributed by atoms with E-state index in [1.807, 2.05) is 11.3 Å². The average Bonchev–Trinajstić information content (AvgIpc) is 3.55. The summed E-state index contributed by atoms with van der Waals surface area (Å²) >= 11 is 1.90. The van der Waals surface area contributed by atoms with Crippen LogP contribution in [0.3, 0.4) is 0 Å². The molecule has 10 rings (SSSR count). The topological polar surface area (TPSA) is 6.48 Å². The lowest BCUT2D eigenvalue weighted by Crippen LogP contribution is -2.24. The summed E-state index contributed by atoms with van der Waals surface area (Å²) in [4.78, 5) is 4.74.